The van der Waals surface area contributed by atoms with Crippen LogP contribution >= 0.6 is 0 Å². The van der Waals surface area contributed by atoms with Gasteiger partial charge in [-0.25, -0.2) is 0 Å². The Morgan fingerprint density at radius 2 is 2.27 bits per heavy atom. The van der Waals surface area contributed by atoms with Gasteiger partial charge in [0, 0.05) is 12.5 Å². The first kappa shape index (κ1) is 8.54. The molecule has 0 radical (unpaired) electrons. The van der Waals surface area contributed by atoms with Crippen molar-refractivity contribution in [3.63, 3.8) is 0 Å². The quantitative estimate of drug-likeness (QED) is 0.552. The minimum absolute atomic E-state index is 0.167. The molecular formula is C10H16O. The summed E-state index contributed by atoms with van der Waals surface area (Å²) in [4.78, 5) is 0. The molecule has 0 aromatic carbocycles. The summed E-state index contributed by atoms with van der Waals surface area (Å²) in [6.07, 6.45) is 6.17. The van der Waals surface area contributed by atoms with E-state index in [0.29, 0.717) is 5.92 Å². The average molecular weight is 152 g/mol. The van der Waals surface area contributed by atoms with Crippen LogP contribution in [0, 0.1) is 5.92 Å². The van der Waals surface area contributed by atoms with Gasteiger partial charge in [-0.05, 0) is 19.8 Å². The van der Waals surface area contributed by atoms with Gasteiger partial charge >= 0.3 is 0 Å². The summed E-state index contributed by atoms with van der Waals surface area (Å²) in [5.74, 6) is 0.439. The summed E-state index contributed by atoms with van der Waals surface area (Å²) in [7, 11) is 0. The van der Waals surface area contributed by atoms with Gasteiger partial charge in [0.05, 0.1) is 5.60 Å². The summed E-state index contributed by atoms with van der Waals surface area (Å²) in [6, 6.07) is 0. The third-order valence-electron chi connectivity index (χ3n) is 2.50. The monoisotopic (exact) mass is 152 g/mol. The van der Waals surface area contributed by atoms with E-state index in [1.807, 2.05) is 12.2 Å². The highest BCUT2D eigenvalue weighted by molar-refractivity contribution is 5.06. The Hall–Kier alpha value is -0.560. The minimum Gasteiger partial charge on any atom is -0.371 e. The van der Waals surface area contributed by atoms with Crippen LogP contribution in [0.5, 0.6) is 0 Å². The van der Waals surface area contributed by atoms with Gasteiger partial charge in [0.25, 0.3) is 0 Å². The summed E-state index contributed by atoms with van der Waals surface area (Å²) >= 11 is 0. The normalized spacial score (nSPS) is 38.1. The van der Waals surface area contributed by atoms with Crippen LogP contribution in [-0.2, 0) is 4.74 Å². The molecule has 0 N–H and O–H groups in total. The zero-order valence-electron chi connectivity index (χ0n) is 7.18. The average Bonchev–Trinajstić information content (AvgIpc) is 2.05. The van der Waals surface area contributed by atoms with E-state index in [2.05, 4.69) is 20.1 Å². The molecule has 1 rings (SSSR count). The maximum Gasteiger partial charge on any atom is 0.0893 e. The second-order valence-corrected chi connectivity index (χ2v) is 3.22. The number of hydrogen-bond donors (Lipinski definition) is 0. The van der Waals surface area contributed by atoms with Gasteiger partial charge in [0.2, 0.25) is 0 Å². The van der Waals surface area contributed by atoms with Crippen molar-refractivity contribution in [1.29, 1.82) is 0 Å². The standard InChI is InChI=1S/C10H16O/c1-4-9-7-6-8-11-10(9,3)5-2/h4-5,9H,1-2,6-8H2,3H3. The molecule has 62 valence electrons. The zero-order chi connectivity index (χ0) is 8.32. The number of rotatable bonds is 2. The highest BCUT2D eigenvalue weighted by Gasteiger charge is 2.32. The van der Waals surface area contributed by atoms with Crippen molar-refractivity contribution in [2.75, 3.05) is 6.61 Å². The van der Waals surface area contributed by atoms with Crippen molar-refractivity contribution in [1.82, 2.24) is 0 Å². The molecule has 1 fully saturated rings. The lowest BCUT2D eigenvalue weighted by Gasteiger charge is -2.37. The smallest absolute Gasteiger partial charge is 0.0893 e. The van der Waals surface area contributed by atoms with Crippen LogP contribution in [0.1, 0.15) is 19.8 Å². The van der Waals surface area contributed by atoms with Gasteiger partial charge in [0.15, 0.2) is 0 Å². The molecule has 1 aliphatic rings. The van der Waals surface area contributed by atoms with Crippen LogP contribution < -0.4 is 0 Å². The van der Waals surface area contributed by atoms with Crippen LogP contribution in [0.2, 0.25) is 0 Å². The topological polar surface area (TPSA) is 9.23 Å². The summed E-state index contributed by atoms with van der Waals surface area (Å²) in [5, 5.41) is 0. The zero-order valence-corrected chi connectivity index (χ0v) is 7.18. The summed E-state index contributed by atoms with van der Waals surface area (Å²) < 4.78 is 5.63. The molecule has 11 heavy (non-hydrogen) atoms. The molecule has 0 saturated carbocycles. The molecule has 1 aliphatic heterocycles. The van der Waals surface area contributed by atoms with E-state index in [9.17, 15) is 0 Å². The molecule has 2 atom stereocenters. The number of ether oxygens (including phenoxy) is 1. The van der Waals surface area contributed by atoms with E-state index in [-0.39, 0.29) is 5.60 Å². The maximum atomic E-state index is 5.63. The third-order valence-corrected chi connectivity index (χ3v) is 2.50. The van der Waals surface area contributed by atoms with Crippen molar-refractivity contribution in [3.8, 4) is 0 Å². The van der Waals surface area contributed by atoms with Gasteiger partial charge in [-0.15, -0.1) is 13.2 Å². The lowest BCUT2D eigenvalue weighted by atomic mass is 9.83. The Labute approximate surface area is 68.8 Å². The molecular weight excluding hydrogens is 136 g/mol. The summed E-state index contributed by atoms with van der Waals surface area (Å²) in [5.41, 5.74) is -0.167. The maximum absolute atomic E-state index is 5.63. The van der Waals surface area contributed by atoms with Crippen LogP contribution in [0.25, 0.3) is 0 Å². The second-order valence-electron chi connectivity index (χ2n) is 3.22. The first-order valence-corrected chi connectivity index (χ1v) is 4.13. The van der Waals surface area contributed by atoms with E-state index in [1.54, 1.807) is 0 Å². The molecule has 1 heterocycles. The first-order chi connectivity index (χ1) is 5.23. The molecule has 0 aliphatic carbocycles. The minimum atomic E-state index is -0.167. The predicted molar refractivity (Wildman–Crippen MR) is 47.5 cm³/mol. The molecule has 1 nitrogen and oxygen atoms in total. The van der Waals surface area contributed by atoms with Crippen molar-refractivity contribution < 1.29 is 4.74 Å². The van der Waals surface area contributed by atoms with E-state index >= 15 is 0 Å². The Bertz CT molecular complexity index is 162. The largest absolute Gasteiger partial charge is 0.371 e. The Morgan fingerprint density at radius 1 is 1.55 bits per heavy atom. The third kappa shape index (κ3) is 1.54. The lowest BCUT2D eigenvalue weighted by Crippen LogP contribution is -2.38. The Balaban J connectivity index is 2.72. The van der Waals surface area contributed by atoms with E-state index < -0.39 is 0 Å². The van der Waals surface area contributed by atoms with Gasteiger partial charge in [-0.2, -0.15) is 0 Å². The van der Waals surface area contributed by atoms with Gasteiger partial charge in [-0.3, -0.25) is 0 Å². The van der Waals surface area contributed by atoms with Gasteiger partial charge in [0.1, 0.15) is 0 Å². The SMILES string of the molecule is C=CC1CCCOC1(C)C=C. The van der Waals surface area contributed by atoms with Crippen LogP contribution in [0.4, 0.5) is 0 Å². The molecule has 1 saturated heterocycles. The van der Waals surface area contributed by atoms with Crippen molar-refractivity contribution >= 4 is 0 Å². The molecule has 1 heteroatoms. The van der Waals surface area contributed by atoms with E-state index in [1.165, 1.54) is 6.42 Å². The van der Waals surface area contributed by atoms with Crippen LogP contribution in [0.3, 0.4) is 0 Å². The fraction of sp³-hybridized carbons (Fsp3) is 0.600. The molecule has 0 aromatic heterocycles. The van der Waals surface area contributed by atoms with Crippen LogP contribution in [-0.4, -0.2) is 12.2 Å². The van der Waals surface area contributed by atoms with Gasteiger partial charge in [-0.1, -0.05) is 12.2 Å². The highest BCUT2D eigenvalue weighted by atomic mass is 16.5. The van der Waals surface area contributed by atoms with Crippen molar-refractivity contribution in [2.24, 2.45) is 5.92 Å². The summed E-state index contributed by atoms with van der Waals surface area (Å²) in [6.45, 7) is 10.5. The molecule has 0 spiro atoms. The molecule has 0 aromatic rings. The Kier molecular flexibility index (Phi) is 2.50. The van der Waals surface area contributed by atoms with Crippen LogP contribution in [0.15, 0.2) is 25.3 Å². The second kappa shape index (κ2) is 3.22. The lowest BCUT2D eigenvalue weighted by molar-refractivity contribution is -0.0568. The Morgan fingerprint density at radius 3 is 2.73 bits per heavy atom. The van der Waals surface area contributed by atoms with Crippen molar-refractivity contribution in [3.05, 3.63) is 25.3 Å². The predicted octanol–water partition coefficient (Wildman–Crippen LogP) is 2.54. The molecule has 0 bridgehead atoms. The number of hydrogen-bond acceptors (Lipinski definition) is 1. The first-order valence-electron chi connectivity index (χ1n) is 4.13. The van der Waals surface area contributed by atoms with E-state index in [0.717, 1.165) is 13.0 Å². The van der Waals surface area contributed by atoms with Gasteiger partial charge < -0.3 is 4.74 Å². The molecule has 2 unspecified atom stereocenters. The van der Waals surface area contributed by atoms with Crippen molar-refractivity contribution in [2.45, 2.75) is 25.4 Å². The molecule has 0 amide bonds. The fourth-order valence-electron chi connectivity index (χ4n) is 1.55. The van der Waals surface area contributed by atoms with E-state index in [4.69, 9.17) is 4.74 Å². The fourth-order valence-corrected chi connectivity index (χ4v) is 1.55. The highest BCUT2D eigenvalue weighted by Crippen LogP contribution is 2.32.